The molecular formula is C3H3F3OS. The average Bonchev–Trinajstić information content (AvgIpc) is 1.67. The first-order chi connectivity index (χ1) is 3.68. The minimum atomic E-state index is -2.43. The van der Waals surface area contributed by atoms with Crippen molar-refractivity contribution in [3.05, 3.63) is 12.1 Å². The van der Waals surface area contributed by atoms with Crippen molar-refractivity contribution in [2.45, 2.75) is 0 Å². The Hall–Kier alpha value is -0.320. The highest BCUT2D eigenvalue weighted by Crippen LogP contribution is 2.14. The molecule has 0 bridgehead atoms. The van der Waals surface area contributed by atoms with E-state index < -0.39 is 12.1 Å². The summed E-state index contributed by atoms with van der Waals surface area (Å²) >= 11 is 0.525. The second-order valence-electron chi connectivity index (χ2n) is 0.784. The molecule has 8 heavy (non-hydrogen) atoms. The summed E-state index contributed by atoms with van der Waals surface area (Å²) in [6.45, 7) is 0. The monoisotopic (exact) mass is 144 g/mol. The van der Waals surface area contributed by atoms with Crippen LogP contribution in [-0.4, -0.2) is 6.26 Å². The van der Waals surface area contributed by atoms with Crippen molar-refractivity contribution < 1.29 is 17.4 Å². The average molecular weight is 144 g/mol. The van der Waals surface area contributed by atoms with Crippen molar-refractivity contribution in [2.24, 2.45) is 0 Å². The van der Waals surface area contributed by atoms with Gasteiger partial charge in [-0.15, -0.1) is 0 Å². The maximum atomic E-state index is 11.4. The molecule has 0 amide bonds. The molecule has 48 valence electrons. The van der Waals surface area contributed by atoms with E-state index in [2.05, 4.69) is 4.18 Å². The normalized spacial score (nSPS) is 8.50. The van der Waals surface area contributed by atoms with Gasteiger partial charge in [0.2, 0.25) is 0 Å². The van der Waals surface area contributed by atoms with E-state index in [-0.39, 0.29) is 0 Å². The Morgan fingerprint density at radius 3 is 2.00 bits per heavy atom. The Morgan fingerprint density at radius 1 is 1.38 bits per heavy atom. The zero-order chi connectivity index (χ0) is 6.57. The molecule has 0 rings (SSSR count). The third-order valence-corrected chi connectivity index (χ3v) is 0.618. The zero-order valence-electron chi connectivity index (χ0n) is 3.95. The minimum absolute atomic E-state index is 0.525. The van der Waals surface area contributed by atoms with E-state index in [0.717, 1.165) is 0 Å². The molecule has 0 aromatic carbocycles. The third kappa shape index (κ3) is 2.79. The van der Waals surface area contributed by atoms with Gasteiger partial charge in [0.1, 0.15) is 0 Å². The summed E-state index contributed by atoms with van der Waals surface area (Å²) in [7, 11) is 0. The van der Waals surface area contributed by atoms with Crippen molar-refractivity contribution in [1.82, 2.24) is 0 Å². The number of hydrogen-bond acceptors (Lipinski definition) is 2. The minimum Gasteiger partial charge on any atom is -0.393 e. The van der Waals surface area contributed by atoms with Crippen molar-refractivity contribution in [3.63, 3.8) is 0 Å². The SMILES string of the molecule is CSOC(F)=C(F)F. The molecule has 0 radical (unpaired) electrons. The van der Waals surface area contributed by atoms with Crippen molar-refractivity contribution in [2.75, 3.05) is 6.26 Å². The van der Waals surface area contributed by atoms with Crippen LogP contribution in [0.5, 0.6) is 0 Å². The van der Waals surface area contributed by atoms with Gasteiger partial charge in [0.15, 0.2) is 0 Å². The maximum absolute atomic E-state index is 11.4. The molecule has 0 unspecified atom stereocenters. The molecular weight excluding hydrogens is 141 g/mol. The first-order valence-corrected chi connectivity index (χ1v) is 2.75. The van der Waals surface area contributed by atoms with Gasteiger partial charge in [0.25, 0.3) is 0 Å². The predicted molar refractivity (Wildman–Crippen MR) is 24.9 cm³/mol. The Morgan fingerprint density at radius 2 is 1.88 bits per heavy atom. The molecule has 0 aromatic rings. The third-order valence-electron chi connectivity index (χ3n) is 0.305. The van der Waals surface area contributed by atoms with Gasteiger partial charge in [0.05, 0.1) is 12.0 Å². The molecule has 0 heterocycles. The van der Waals surface area contributed by atoms with Gasteiger partial charge in [-0.3, -0.25) is 0 Å². The zero-order valence-corrected chi connectivity index (χ0v) is 4.77. The predicted octanol–water partition coefficient (Wildman–Crippen LogP) is 2.32. The Labute approximate surface area is 48.7 Å². The van der Waals surface area contributed by atoms with E-state index in [1.165, 1.54) is 6.26 Å². The van der Waals surface area contributed by atoms with E-state index in [0.29, 0.717) is 12.0 Å². The van der Waals surface area contributed by atoms with E-state index in [1.807, 2.05) is 0 Å². The van der Waals surface area contributed by atoms with Crippen LogP contribution in [0.1, 0.15) is 0 Å². The molecule has 5 heteroatoms. The lowest BCUT2D eigenvalue weighted by atomic mass is 11.0. The van der Waals surface area contributed by atoms with Crippen LogP contribution in [0.3, 0.4) is 0 Å². The van der Waals surface area contributed by atoms with Gasteiger partial charge in [-0.2, -0.15) is 13.2 Å². The van der Waals surface area contributed by atoms with Gasteiger partial charge < -0.3 is 4.18 Å². The van der Waals surface area contributed by atoms with Gasteiger partial charge in [-0.1, -0.05) is 0 Å². The number of hydrogen-bond donors (Lipinski definition) is 0. The fourth-order valence-electron chi connectivity index (χ4n) is 0.105. The summed E-state index contributed by atoms with van der Waals surface area (Å²) in [6.07, 6.45) is -1.10. The Balaban J connectivity index is 3.62. The first kappa shape index (κ1) is 7.68. The fraction of sp³-hybridized carbons (Fsp3) is 0.333. The van der Waals surface area contributed by atoms with Crippen molar-refractivity contribution in [3.8, 4) is 0 Å². The second kappa shape index (κ2) is 3.65. The molecule has 0 spiro atoms. The summed E-state index contributed by atoms with van der Waals surface area (Å²) in [5, 5.41) is 0. The maximum Gasteiger partial charge on any atom is 0.351 e. The largest absolute Gasteiger partial charge is 0.393 e. The lowest BCUT2D eigenvalue weighted by molar-refractivity contribution is 0.267. The summed E-state index contributed by atoms with van der Waals surface area (Å²) in [4.78, 5) is 0. The van der Waals surface area contributed by atoms with Crippen LogP contribution in [0.4, 0.5) is 13.2 Å². The van der Waals surface area contributed by atoms with Crippen LogP contribution in [0.2, 0.25) is 0 Å². The van der Waals surface area contributed by atoms with Crippen LogP contribution in [0.15, 0.2) is 12.1 Å². The lowest BCUT2D eigenvalue weighted by Crippen LogP contribution is -1.74. The van der Waals surface area contributed by atoms with Gasteiger partial charge >= 0.3 is 12.1 Å². The Bertz CT molecular complexity index is 98.7. The van der Waals surface area contributed by atoms with E-state index in [4.69, 9.17) is 0 Å². The van der Waals surface area contributed by atoms with Crippen LogP contribution in [0, 0.1) is 0 Å². The van der Waals surface area contributed by atoms with E-state index in [1.54, 1.807) is 0 Å². The topological polar surface area (TPSA) is 9.23 Å². The second-order valence-corrected chi connectivity index (χ2v) is 1.28. The smallest absolute Gasteiger partial charge is 0.351 e. The molecule has 0 fully saturated rings. The molecule has 1 nitrogen and oxygen atoms in total. The summed E-state index contributed by atoms with van der Waals surface area (Å²) < 4.78 is 37.1. The summed E-state index contributed by atoms with van der Waals surface area (Å²) in [6, 6.07) is -1.82. The van der Waals surface area contributed by atoms with E-state index >= 15 is 0 Å². The quantitative estimate of drug-likeness (QED) is 0.434. The lowest BCUT2D eigenvalue weighted by Gasteiger charge is -1.90. The fourth-order valence-corrected chi connectivity index (χ4v) is 0.314. The molecule has 0 atom stereocenters. The van der Waals surface area contributed by atoms with Crippen LogP contribution >= 0.6 is 12.0 Å². The van der Waals surface area contributed by atoms with Gasteiger partial charge in [-0.25, -0.2) is 0 Å². The molecule has 0 aliphatic heterocycles. The highest BCUT2D eigenvalue weighted by atomic mass is 32.2. The van der Waals surface area contributed by atoms with Gasteiger partial charge in [0, 0.05) is 6.26 Å². The van der Waals surface area contributed by atoms with E-state index in [9.17, 15) is 13.2 Å². The van der Waals surface area contributed by atoms with Crippen molar-refractivity contribution in [1.29, 1.82) is 0 Å². The first-order valence-electron chi connectivity index (χ1n) is 1.60. The number of rotatable bonds is 2. The van der Waals surface area contributed by atoms with Crippen LogP contribution < -0.4 is 0 Å². The molecule has 0 aliphatic rings. The highest BCUT2D eigenvalue weighted by molar-refractivity contribution is 7.94. The molecule has 0 saturated heterocycles. The van der Waals surface area contributed by atoms with Gasteiger partial charge in [-0.05, 0) is 0 Å². The van der Waals surface area contributed by atoms with Crippen LogP contribution in [0.25, 0.3) is 0 Å². The molecule has 0 N–H and O–H groups in total. The Kier molecular flexibility index (Phi) is 3.51. The summed E-state index contributed by atoms with van der Waals surface area (Å²) in [5.41, 5.74) is 0. The summed E-state index contributed by atoms with van der Waals surface area (Å²) in [5.74, 6) is 0. The highest BCUT2D eigenvalue weighted by Gasteiger charge is 2.03. The van der Waals surface area contributed by atoms with Crippen molar-refractivity contribution >= 4 is 12.0 Å². The molecule has 0 saturated carbocycles. The standard InChI is InChI=1S/C3H3F3OS/c1-8-7-3(6)2(4)5/h1H3. The number of halogens is 3. The van der Waals surface area contributed by atoms with Crippen LogP contribution in [-0.2, 0) is 4.18 Å². The molecule has 0 aliphatic carbocycles. The molecule has 0 aromatic heterocycles.